The molecule has 1 fully saturated rings. The standard InChI is InChI=1S/C25H25FN4O4S/c1-25(24(32)28-15-19-9-11-21(26)12-10-19)18-29(35(33,34)22-7-3-2-4-8-22)17-23(31)30(25)16-20-6-5-13-27-14-20/h2-14H,15-18H2,1H3,(H,28,32). The SMILES string of the molecule is CC1(C(=O)NCc2ccc(F)cc2)CN(S(=O)(=O)c2ccccc2)CC(=O)N1Cc1cccnc1. The van der Waals surface area contributed by atoms with E-state index in [1.54, 1.807) is 61.8 Å². The van der Waals surface area contributed by atoms with Crippen molar-refractivity contribution in [3.63, 3.8) is 0 Å². The van der Waals surface area contributed by atoms with Crippen molar-refractivity contribution in [2.24, 2.45) is 0 Å². The largest absolute Gasteiger partial charge is 0.350 e. The molecule has 1 aliphatic rings. The van der Waals surface area contributed by atoms with Crippen LogP contribution in [0.4, 0.5) is 4.39 Å². The summed E-state index contributed by atoms with van der Waals surface area (Å²) in [6, 6.07) is 17.0. The van der Waals surface area contributed by atoms with Crippen molar-refractivity contribution < 1.29 is 22.4 Å². The molecule has 1 saturated heterocycles. The van der Waals surface area contributed by atoms with Crippen molar-refractivity contribution in [3.05, 3.63) is 96.1 Å². The third kappa shape index (κ3) is 5.23. The highest BCUT2D eigenvalue weighted by Gasteiger charge is 2.50. The number of piperazine rings is 1. The summed E-state index contributed by atoms with van der Waals surface area (Å²) in [4.78, 5) is 32.3. The van der Waals surface area contributed by atoms with E-state index in [1.807, 2.05) is 0 Å². The van der Waals surface area contributed by atoms with Crippen LogP contribution in [-0.2, 0) is 32.7 Å². The molecule has 1 N–H and O–H groups in total. The van der Waals surface area contributed by atoms with Crippen LogP contribution >= 0.6 is 0 Å². The molecule has 0 radical (unpaired) electrons. The molecular weight excluding hydrogens is 471 g/mol. The fourth-order valence-electron chi connectivity index (χ4n) is 4.01. The van der Waals surface area contributed by atoms with Crippen molar-refractivity contribution in [1.29, 1.82) is 0 Å². The zero-order valence-corrected chi connectivity index (χ0v) is 19.9. The maximum absolute atomic E-state index is 13.5. The Morgan fingerprint density at radius 2 is 1.77 bits per heavy atom. The molecule has 182 valence electrons. The summed E-state index contributed by atoms with van der Waals surface area (Å²) in [5.74, 6) is -1.42. The summed E-state index contributed by atoms with van der Waals surface area (Å²) in [6.45, 7) is 1.11. The Hall–Kier alpha value is -3.63. The van der Waals surface area contributed by atoms with Gasteiger partial charge in [-0.2, -0.15) is 4.31 Å². The lowest BCUT2D eigenvalue weighted by Crippen LogP contribution is -2.69. The molecule has 0 spiro atoms. The van der Waals surface area contributed by atoms with Crippen LogP contribution in [0.2, 0.25) is 0 Å². The first kappa shape index (κ1) is 24.5. The Morgan fingerprint density at radius 3 is 2.43 bits per heavy atom. The quantitative estimate of drug-likeness (QED) is 0.541. The number of nitrogens with one attached hydrogen (secondary N) is 1. The zero-order chi connectivity index (χ0) is 25.1. The van der Waals surface area contributed by atoms with Crippen molar-refractivity contribution >= 4 is 21.8 Å². The van der Waals surface area contributed by atoms with E-state index >= 15 is 0 Å². The minimum absolute atomic E-state index is 0.0441. The second-order valence-electron chi connectivity index (χ2n) is 8.51. The van der Waals surface area contributed by atoms with Gasteiger partial charge in [-0.15, -0.1) is 0 Å². The van der Waals surface area contributed by atoms with Crippen molar-refractivity contribution in [2.75, 3.05) is 13.1 Å². The Kier molecular flexibility index (Phi) is 6.95. The van der Waals surface area contributed by atoms with Gasteiger partial charge in [0.25, 0.3) is 0 Å². The first-order valence-corrected chi connectivity index (χ1v) is 12.4. The van der Waals surface area contributed by atoms with Gasteiger partial charge in [0.05, 0.1) is 11.4 Å². The molecule has 4 rings (SSSR count). The van der Waals surface area contributed by atoms with E-state index in [9.17, 15) is 22.4 Å². The number of carbonyl (C=O) groups excluding carboxylic acids is 2. The third-order valence-corrected chi connectivity index (χ3v) is 7.80. The van der Waals surface area contributed by atoms with E-state index in [-0.39, 0.29) is 24.5 Å². The average Bonchev–Trinajstić information content (AvgIpc) is 2.86. The number of hydrogen-bond donors (Lipinski definition) is 1. The maximum Gasteiger partial charge on any atom is 0.247 e. The summed E-state index contributed by atoms with van der Waals surface area (Å²) >= 11 is 0. The minimum Gasteiger partial charge on any atom is -0.350 e. The fraction of sp³-hybridized carbons (Fsp3) is 0.240. The number of halogens is 1. The fourth-order valence-corrected chi connectivity index (χ4v) is 5.51. The Bertz CT molecular complexity index is 1300. The van der Waals surface area contributed by atoms with Crippen LogP contribution in [0.5, 0.6) is 0 Å². The second kappa shape index (κ2) is 9.93. The Balaban J connectivity index is 1.64. The molecule has 8 nitrogen and oxygen atoms in total. The van der Waals surface area contributed by atoms with Gasteiger partial charge in [-0.1, -0.05) is 36.4 Å². The Morgan fingerprint density at radius 1 is 1.06 bits per heavy atom. The lowest BCUT2D eigenvalue weighted by Gasteiger charge is -2.46. The molecule has 1 aliphatic heterocycles. The van der Waals surface area contributed by atoms with Crippen LogP contribution < -0.4 is 5.32 Å². The average molecular weight is 497 g/mol. The van der Waals surface area contributed by atoms with E-state index in [0.29, 0.717) is 11.1 Å². The van der Waals surface area contributed by atoms with Crippen molar-refractivity contribution in [1.82, 2.24) is 19.5 Å². The number of hydrogen-bond acceptors (Lipinski definition) is 5. The molecule has 10 heteroatoms. The van der Waals surface area contributed by atoms with E-state index in [2.05, 4.69) is 10.3 Å². The van der Waals surface area contributed by atoms with E-state index in [1.165, 1.54) is 29.2 Å². The van der Waals surface area contributed by atoms with Gasteiger partial charge in [0, 0.05) is 32.0 Å². The minimum atomic E-state index is -4.02. The number of sulfonamides is 1. The molecule has 2 aromatic carbocycles. The number of pyridine rings is 1. The molecule has 0 aliphatic carbocycles. The molecule has 0 bridgehead atoms. The summed E-state index contributed by atoms with van der Waals surface area (Å²) in [6.07, 6.45) is 3.20. The Labute approximate surface area is 203 Å². The summed E-state index contributed by atoms with van der Waals surface area (Å²) in [5.41, 5.74) is -0.136. The van der Waals surface area contributed by atoms with Gasteiger partial charge in [0.15, 0.2) is 0 Å². The predicted octanol–water partition coefficient (Wildman–Crippen LogP) is 2.33. The molecule has 1 unspecified atom stereocenters. The van der Waals surface area contributed by atoms with Crippen molar-refractivity contribution in [2.45, 2.75) is 30.4 Å². The molecule has 35 heavy (non-hydrogen) atoms. The highest BCUT2D eigenvalue weighted by Crippen LogP contribution is 2.29. The van der Waals surface area contributed by atoms with Crippen LogP contribution in [-0.4, -0.2) is 53.0 Å². The van der Waals surface area contributed by atoms with Gasteiger partial charge in [0.2, 0.25) is 21.8 Å². The zero-order valence-electron chi connectivity index (χ0n) is 19.1. The number of nitrogens with zero attached hydrogens (tertiary/aromatic N) is 3. The van der Waals surface area contributed by atoms with Gasteiger partial charge in [-0.3, -0.25) is 14.6 Å². The highest BCUT2D eigenvalue weighted by atomic mass is 32.2. The van der Waals surface area contributed by atoms with Crippen LogP contribution in [0.1, 0.15) is 18.1 Å². The van der Waals surface area contributed by atoms with Crippen LogP contribution in [0, 0.1) is 5.82 Å². The van der Waals surface area contributed by atoms with Crippen LogP contribution in [0.3, 0.4) is 0 Å². The van der Waals surface area contributed by atoms with E-state index in [0.717, 1.165) is 4.31 Å². The number of rotatable bonds is 7. The molecule has 1 atom stereocenters. The summed E-state index contributed by atoms with van der Waals surface area (Å²) in [7, 11) is -4.02. The lowest BCUT2D eigenvalue weighted by molar-refractivity contribution is -0.153. The van der Waals surface area contributed by atoms with Gasteiger partial charge >= 0.3 is 0 Å². The molecular formula is C25H25FN4O4S. The van der Waals surface area contributed by atoms with Crippen molar-refractivity contribution in [3.8, 4) is 0 Å². The molecule has 3 aromatic rings. The normalized spacial score (nSPS) is 18.9. The first-order chi connectivity index (χ1) is 16.7. The van der Waals surface area contributed by atoms with E-state index in [4.69, 9.17) is 0 Å². The first-order valence-electron chi connectivity index (χ1n) is 11.0. The number of benzene rings is 2. The topological polar surface area (TPSA) is 99.7 Å². The molecule has 2 amide bonds. The predicted molar refractivity (Wildman–Crippen MR) is 127 cm³/mol. The maximum atomic E-state index is 13.5. The highest BCUT2D eigenvalue weighted by molar-refractivity contribution is 7.89. The smallest absolute Gasteiger partial charge is 0.247 e. The number of amides is 2. The van der Waals surface area contributed by atoms with Gasteiger partial charge in [-0.05, 0) is 48.4 Å². The van der Waals surface area contributed by atoms with Gasteiger partial charge in [-0.25, -0.2) is 12.8 Å². The third-order valence-electron chi connectivity index (χ3n) is 5.99. The van der Waals surface area contributed by atoms with E-state index < -0.39 is 39.7 Å². The molecule has 2 heterocycles. The summed E-state index contributed by atoms with van der Waals surface area (Å²) < 4.78 is 40.9. The number of carbonyl (C=O) groups is 2. The van der Waals surface area contributed by atoms with Gasteiger partial charge in [0.1, 0.15) is 11.4 Å². The van der Waals surface area contributed by atoms with Crippen LogP contribution in [0.25, 0.3) is 0 Å². The molecule has 1 aromatic heterocycles. The lowest BCUT2D eigenvalue weighted by atomic mass is 9.94. The van der Waals surface area contributed by atoms with Gasteiger partial charge < -0.3 is 10.2 Å². The van der Waals surface area contributed by atoms with Crippen LogP contribution in [0.15, 0.2) is 84.0 Å². The number of aromatic nitrogens is 1. The summed E-state index contributed by atoms with van der Waals surface area (Å²) in [5, 5.41) is 2.78. The molecule has 0 saturated carbocycles. The monoisotopic (exact) mass is 496 g/mol. The second-order valence-corrected chi connectivity index (χ2v) is 10.4.